The molecule has 1 unspecified atom stereocenters. The van der Waals surface area contributed by atoms with Gasteiger partial charge in [-0.25, -0.2) is 4.79 Å². The summed E-state index contributed by atoms with van der Waals surface area (Å²) in [6.07, 6.45) is 2.98. The van der Waals surface area contributed by atoms with Gasteiger partial charge in [0.1, 0.15) is 0 Å². The number of urea groups is 1. The normalized spacial score (nSPS) is 27.6. The van der Waals surface area contributed by atoms with Crippen molar-refractivity contribution in [2.45, 2.75) is 45.6 Å². The number of rotatable bonds is 6. The third-order valence-electron chi connectivity index (χ3n) is 4.22. The highest BCUT2D eigenvalue weighted by molar-refractivity contribution is 5.78. The fourth-order valence-electron chi connectivity index (χ4n) is 2.41. The summed E-state index contributed by atoms with van der Waals surface area (Å²) in [5.74, 6) is -0.242. The van der Waals surface area contributed by atoms with Gasteiger partial charge in [0.2, 0.25) is 0 Å². The van der Waals surface area contributed by atoms with Gasteiger partial charge in [-0.1, -0.05) is 6.92 Å². The maximum absolute atomic E-state index is 11.7. The summed E-state index contributed by atoms with van der Waals surface area (Å²) in [7, 11) is 1.58. The van der Waals surface area contributed by atoms with E-state index in [-0.39, 0.29) is 18.7 Å². The molecule has 116 valence electrons. The van der Waals surface area contributed by atoms with E-state index in [4.69, 9.17) is 4.74 Å². The van der Waals surface area contributed by atoms with Crippen molar-refractivity contribution in [1.82, 2.24) is 10.6 Å². The van der Waals surface area contributed by atoms with Crippen molar-refractivity contribution in [2.24, 2.45) is 11.3 Å². The molecule has 0 aliphatic heterocycles. The highest BCUT2D eigenvalue weighted by Crippen LogP contribution is 2.38. The summed E-state index contributed by atoms with van der Waals surface area (Å²) in [6, 6.07) is -0.340. The first-order valence-corrected chi connectivity index (χ1v) is 7.17. The zero-order valence-electron chi connectivity index (χ0n) is 12.6. The Hall–Kier alpha value is -1.30. The highest BCUT2D eigenvalue weighted by Gasteiger charge is 2.41. The van der Waals surface area contributed by atoms with Gasteiger partial charge < -0.3 is 20.5 Å². The van der Waals surface area contributed by atoms with Crippen molar-refractivity contribution in [2.75, 3.05) is 20.2 Å². The van der Waals surface area contributed by atoms with Crippen LogP contribution in [0.4, 0.5) is 4.79 Å². The molecule has 1 aliphatic rings. The number of hydrogen-bond donors (Lipinski definition) is 3. The van der Waals surface area contributed by atoms with Crippen molar-refractivity contribution in [3.05, 3.63) is 0 Å². The fourth-order valence-corrected chi connectivity index (χ4v) is 2.41. The lowest BCUT2D eigenvalue weighted by Crippen LogP contribution is -2.48. The second kappa shape index (κ2) is 7.47. The lowest BCUT2D eigenvalue weighted by Gasteiger charge is -2.35. The average molecular weight is 286 g/mol. The minimum atomic E-state index is -0.810. The number of carboxylic acids is 1. The number of nitrogens with one attached hydrogen (secondary N) is 2. The zero-order chi connectivity index (χ0) is 15.2. The highest BCUT2D eigenvalue weighted by atomic mass is 16.5. The number of methoxy groups -OCH3 is 1. The first-order valence-electron chi connectivity index (χ1n) is 7.17. The van der Waals surface area contributed by atoms with E-state index in [0.29, 0.717) is 25.3 Å². The van der Waals surface area contributed by atoms with Crippen LogP contribution in [0.3, 0.4) is 0 Å². The van der Waals surface area contributed by atoms with E-state index in [1.165, 1.54) is 0 Å². The van der Waals surface area contributed by atoms with E-state index in [2.05, 4.69) is 17.6 Å². The molecule has 0 spiro atoms. The predicted molar refractivity (Wildman–Crippen MR) is 75.6 cm³/mol. The van der Waals surface area contributed by atoms with Crippen LogP contribution in [-0.4, -0.2) is 43.4 Å². The Morgan fingerprint density at radius 2 is 1.95 bits per heavy atom. The SMILES string of the molecule is COC(C)CNC(=O)NCC1(C(=O)O)CCC(C)CC1. The van der Waals surface area contributed by atoms with Crippen LogP contribution in [0.5, 0.6) is 0 Å². The summed E-state index contributed by atoms with van der Waals surface area (Å²) in [6.45, 7) is 4.57. The minimum absolute atomic E-state index is 0.0651. The third-order valence-corrected chi connectivity index (χ3v) is 4.22. The molecule has 20 heavy (non-hydrogen) atoms. The van der Waals surface area contributed by atoms with Gasteiger partial charge in [-0.3, -0.25) is 4.79 Å². The summed E-state index contributed by atoms with van der Waals surface area (Å²) >= 11 is 0. The Balaban J connectivity index is 2.43. The molecule has 2 amide bonds. The van der Waals surface area contributed by atoms with Gasteiger partial charge in [-0.05, 0) is 38.5 Å². The van der Waals surface area contributed by atoms with Crippen LogP contribution in [0.1, 0.15) is 39.5 Å². The maximum atomic E-state index is 11.7. The predicted octanol–water partition coefficient (Wildman–Crippen LogP) is 1.60. The van der Waals surface area contributed by atoms with Crippen LogP contribution < -0.4 is 10.6 Å². The van der Waals surface area contributed by atoms with Crippen molar-refractivity contribution < 1.29 is 19.4 Å². The largest absolute Gasteiger partial charge is 0.481 e. The van der Waals surface area contributed by atoms with Gasteiger partial charge >= 0.3 is 12.0 Å². The van der Waals surface area contributed by atoms with Gasteiger partial charge in [0, 0.05) is 20.2 Å². The van der Waals surface area contributed by atoms with Crippen LogP contribution in [0.25, 0.3) is 0 Å². The quantitative estimate of drug-likeness (QED) is 0.692. The number of aliphatic carboxylic acids is 1. The molecule has 0 aromatic carbocycles. The van der Waals surface area contributed by atoms with Crippen LogP contribution in [0.2, 0.25) is 0 Å². The maximum Gasteiger partial charge on any atom is 0.314 e. The van der Waals surface area contributed by atoms with Crippen LogP contribution in [0.15, 0.2) is 0 Å². The smallest absolute Gasteiger partial charge is 0.314 e. The van der Waals surface area contributed by atoms with Gasteiger partial charge in [-0.15, -0.1) is 0 Å². The molecule has 0 radical (unpaired) electrons. The number of carbonyl (C=O) groups excluding carboxylic acids is 1. The Kier molecular flexibility index (Phi) is 6.26. The Morgan fingerprint density at radius 3 is 2.45 bits per heavy atom. The molecule has 1 aliphatic carbocycles. The van der Waals surface area contributed by atoms with E-state index in [9.17, 15) is 14.7 Å². The van der Waals surface area contributed by atoms with Crippen molar-refractivity contribution in [1.29, 1.82) is 0 Å². The molecule has 1 fully saturated rings. The van der Waals surface area contributed by atoms with Crippen LogP contribution in [0, 0.1) is 11.3 Å². The first kappa shape index (κ1) is 16.8. The first-order chi connectivity index (χ1) is 9.39. The van der Waals surface area contributed by atoms with Crippen molar-refractivity contribution >= 4 is 12.0 Å². The van der Waals surface area contributed by atoms with Crippen molar-refractivity contribution in [3.63, 3.8) is 0 Å². The molecule has 0 aromatic rings. The molecule has 1 atom stereocenters. The fraction of sp³-hybridized carbons (Fsp3) is 0.857. The summed E-state index contributed by atoms with van der Waals surface area (Å²) < 4.78 is 5.03. The van der Waals surface area contributed by atoms with Gasteiger partial charge in [-0.2, -0.15) is 0 Å². The lowest BCUT2D eigenvalue weighted by molar-refractivity contribution is -0.151. The Morgan fingerprint density at radius 1 is 1.35 bits per heavy atom. The molecule has 0 saturated heterocycles. The monoisotopic (exact) mass is 286 g/mol. The molecule has 3 N–H and O–H groups in total. The van der Waals surface area contributed by atoms with E-state index >= 15 is 0 Å². The standard InChI is InChI=1S/C14H26N2O4/c1-10-4-6-14(7-5-10,12(17)18)9-16-13(19)15-8-11(2)20-3/h10-11H,4-9H2,1-3H3,(H,17,18)(H2,15,16,19). The van der Waals surface area contributed by atoms with Gasteiger partial charge in [0.05, 0.1) is 11.5 Å². The van der Waals surface area contributed by atoms with Gasteiger partial charge in [0.25, 0.3) is 0 Å². The Labute approximate surface area is 120 Å². The van der Waals surface area contributed by atoms with E-state index in [1.807, 2.05) is 6.92 Å². The molecular formula is C14H26N2O4. The second-order valence-electron chi connectivity index (χ2n) is 5.88. The van der Waals surface area contributed by atoms with Crippen molar-refractivity contribution in [3.8, 4) is 0 Å². The number of amides is 2. The number of carbonyl (C=O) groups is 2. The summed E-state index contributed by atoms with van der Waals surface area (Å²) in [5.41, 5.74) is -0.809. The second-order valence-corrected chi connectivity index (χ2v) is 5.88. The topological polar surface area (TPSA) is 87.7 Å². The van der Waals surface area contributed by atoms with Crippen LogP contribution in [-0.2, 0) is 9.53 Å². The average Bonchev–Trinajstić information content (AvgIpc) is 2.44. The zero-order valence-corrected chi connectivity index (χ0v) is 12.6. The van der Waals surface area contributed by atoms with Crippen LogP contribution >= 0.6 is 0 Å². The molecule has 6 heteroatoms. The lowest BCUT2D eigenvalue weighted by atomic mass is 9.71. The number of hydrogen-bond acceptors (Lipinski definition) is 3. The summed E-state index contributed by atoms with van der Waals surface area (Å²) in [4.78, 5) is 23.2. The van der Waals surface area contributed by atoms with E-state index in [0.717, 1.165) is 12.8 Å². The minimum Gasteiger partial charge on any atom is -0.481 e. The molecule has 6 nitrogen and oxygen atoms in total. The Bertz CT molecular complexity index is 338. The number of ether oxygens (including phenoxy) is 1. The van der Waals surface area contributed by atoms with E-state index in [1.54, 1.807) is 7.11 Å². The molecule has 0 bridgehead atoms. The molecule has 1 saturated carbocycles. The molecule has 1 rings (SSSR count). The van der Waals surface area contributed by atoms with Gasteiger partial charge in [0.15, 0.2) is 0 Å². The molecule has 0 aromatic heterocycles. The third kappa shape index (κ3) is 4.67. The summed E-state index contributed by atoms with van der Waals surface area (Å²) in [5, 5.41) is 14.8. The van der Waals surface area contributed by atoms with E-state index < -0.39 is 11.4 Å². The molecule has 0 heterocycles. The molecular weight excluding hydrogens is 260 g/mol. The number of carboxylic acid groups (broad SMARTS) is 1.